The van der Waals surface area contributed by atoms with Crippen LogP contribution in [-0.4, -0.2) is 52.4 Å². The summed E-state index contributed by atoms with van der Waals surface area (Å²) < 4.78 is 5.31. The number of ether oxygens (including phenoxy) is 1. The highest BCUT2D eigenvalue weighted by molar-refractivity contribution is 6.04. The van der Waals surface area contributed by atoms with Gasteiger partial charge in [-0.25, -0.2) is 4.79 Å². The number of anilines is 2. The largest absolute Gasteiger partial charge is 0.444 e. The van der Waals surface area contributed by atoms with Crippen LogP contribution in [0.4, 0.5) is 16.2 Å². The van der Waals surface area contributed by atoms with E-state index in [2.05, 4.69) is 20.9 Å². The molecular formula is C33H47N5O5. The summed E-state index contributed by atoms with van der Waals surface area (Å²) in [6, 6.07) is 10.7. The Labute approximate surface area is 255 Å². The molecule has 234 valence electrons. The van der Waals surface area contributed by atoms with Crippen molar-refractivity contribution in [1.29, 1.82) is 0 Å². The lowest BCUT2D eigenvalue weighted by Crippen LogP contribution is -2.58. The van der Waals surface area contributed by atoms with E-state index >= 15 is 0 Å². The smallest absolute Gasteiger partial charge is 0.408 e. The summed E-state index contributed by atoms with van der Waals surface area (Å²) in [4.78, 5) is 59.6. The molecule has 10 heteroatoms. The minimum atomic E-state index is -1.33. The fourth-order valence-electron chi connectivity index (χ4n) is 5.14. The van der Waals surface area contributed by atoms with Crippen molar-refractivity contribution in [3.05, 3.63) is 53.9 Å². The van der Waals surface area contributed by atoms with Crippen LogP contribution in [0.15, 0.2) is 42.6 Å². The fraction of sp³-hybridized carbons (Fsp3) is 0.545. The number of Topliss-reactive ketones (excluding diaryl/α,β-unsaturated/α-hetero) is 1. The molecule has 1 aliphatic heterocycles. The maximum atomic E-state index is 14.0. The van der Waals surface area contributed by atoms with Crippen molar-refractivity contribution in [2.45, 2.75) is 98.4 Å². The molecule has 1 aromatic heterocycles. The van der Waals surface area contributed by atoms with E-state index in [1.807, 2.05) is 57.2 Å². The molecule has 0 aliphatic carbocycles. The van der Waals surface area contributed by atoms with Crippen molar-refractivity contribution in [1.82, 2.24) is 15.6 Å². The van der Waals surface area contributed by atoms with E-state index in [4.69, 9.17) is 4.74 Å². The van der Waals surface area contributed by atoms with Gasteiger partial charge in [-0.2, -0.15) is 0 Å². The van der Waals surface area contributed by atoms with Crippen molar-refractivity contribution < 1.29 is 23.9 Å². The second-order valence-electron chi connectivity index (χ2n) is 13.1. The number of benzene rings is 1. The van der Waals surface area contributed by atoms with Gasteiger partial charge in [-0.15, -0.1) is 0 Å². The monoisotopic (exact) mass is 593 g/mol. The lowest BCUT2D eigenvalue weighted by molar-refractivity contribution is -0.133. The van der Waals surface area contributed by atoms with Crippen LogP contribution in [0.25, 0.3) is 0 Å². The highest BCUT2D eigenvalue weighted by Gasteiger charge is 2.39. The predicted octanol–water partition coefficient (Wildman–Crippen LogP) is 5.01. The SMILES string of the molecule is CCNc1cccc2c1N(Cc1ccccn1)C(=O)C(CC(=O)[C@@H](CC(C)C)NC(=O)C(C)(C)NC(=O)OC(C)(C)C)C2. The number of pyridine rings is 1. The number of amides is 3. The van der Waals surface area contributed by atoms with E-state index in [0.717, 1.165) is 22.6 Å². The maximum absolute atomic E-state index is 14.0. The van der Waals surface area contributed by atoms with Crippen LogP contribution in [0.5, 0.6) is 0 Å². The maximum Gasteiger partial charge on any atom is 0.408 e. The van der Waals surface area contributed by atoms with E-state index in [9.17, 15) is 19.2 Å². The third kappa shape index (κ3) is 9.27. The van der Waals surface area contributed by atoms with Gasteiger partial charge >= 0.3 is 6.09 Å². The number of alkyl carbamates (subject to hydrolysis) is 1. The minimum absolute atomic E-state index is 0.0278. The molecule has 43 heavy (non-hydrogen) atoms. The van der Waals surface area contributed by atoms with E-state index in [-0.39, 0.29) is 30.6 Å². The van der Waals surface area contributed by atoms with Gasteiger partial charge in [-0.3, -0.25) is 19.4 Å². The van der Waals surface area contributed by atoms with Crippen molar-refractivity contribution >= 4 is 35.1 Å². The molecule has 1 aromatic carbocycles. The Hall–Kier alpha value is -3.95. The Kier molecular flexibility index (Phi) is 10.9. The lowest BCUT2D eigenvalue weighted by atomic mass is 9.85. The Morgan fingerprint density at radius 1 is 1.07 bits per heavy atom. The third-order valence-electron chi connectivity index (χ3n) is 7.11. The van der Waals surface area contributed by atoms with Gasteiger partial charge in [0.1, 0.15) is 11.1 Å². The molecule has 3 N–H and O–H groups in total. The van der Waals surface area contributed by atoms with E-state index < -0.39 is 35.1 Å². The number of carbonyl (C=O) groups is 4. The number of hydrogen-bond acceptors (Lipinski definition) is 7. The number of carbonyl (C=O) groups excluding carboxylic acids is 4. The number of ketones is 1. The molecular weight excluding hydrogens is 546 g/mol. The summed E-state index contributed by atoms with van der Waals surface area (Å²) in [5.74, 6) is -1.39. The van der Waals surface area contributed by atoms with Gasteiger partial charge in [0.15, 0.2) is 5.78 Å². The zero-order valence-electron chi connectivity index (χ0n) is 26.7. The summed E-state index contributed by atoms with van der Waals surface area (Å²) in [6.07, 6.45) is 1.75. The van der Waals surface area contributed by atoms with Gasteiger partial charge in [-0.1, -0.05) is 32.0 Å². The summed E-state index contributed by atoms with van der Waals surface area (Å²) in [6.45, 7) is 15.2. The molecule has 1 unspecified atom stereocenters. The van der Waals surface area contributed by atoms with Crippen LogP contribution in [0.2, 0.25) is 0 Å². The van der Waals surface area contributed by atoms with Crippen molar-refractivity contribution in [3.8, 4) is 0 Å². The third-order valence-corrected chi connectivity index (χ3v) is 7.11. The fourth-order valence-corrected chi connectivity index (χ4v) is 5.14. The zero-order valence-corrected chi connectivity index (χ0v) is 26.7. The number of nitrogens with zero attached hydrogens (tertiary/aromatic N) is 2. The molecule has 0 spiro atoms. The Balaban J connectivity index is 1.83. The highest BCUT2D eigenvalue weighted by atomic mass is 16.6. The number of nitrogens with one attached hydrogen (secondary N) is 3. The minimum Gasteiger partial charge on any atom is -0.444 e. The topological polar surface area (TPSA) is 130 Å². The van der Waals surface area contributed by atoms with Gasteiger partial charge in [0.2, 0.25) is 11.8 Å². The molecule has 1 aliphatic rings. The van der Waals surface area contributed by atoms with Gasteiger partial charge in [0.05, 0.1) is 29.7 Å². The van der Waals surface area contributed by atoms with Crippen LogP contribution in [-0.2, 0) is 32.1 Å². The number of rotatable bonds is 12. The lowest BCUT2D eigenvalue weighted by Gasteiger charge is -2.36. The molecule has 2 heterocycles. The van der Waals surface area contributed by atoms with Crippen LogP contribution in [0, 0.1) is 11.8 Å². The molecule has 0 saturated heterocycles. The second kappa shape index (κ2) is 14.0. The van der Waals surface area contributed by atoms with Crippen molar-refractivity contribution in [2.75, 3.05) is 16.8 Å². The molecule has 0 bridgehead atoms. The average Bonchev–Trinajstić information content (AvgIpc) is 2.89. The van der Waals surface area contributed by atoms with Gasteiger partial charge in [0.25, 0.3) is 0 Å². The molecule has 3 rings (SSSR count). The highest BCUT2D eigenvalue weighted by Crippen LogP contribution is 2.39. The van der Waals surface area contributed by atoms with E-state index in [0.29, 0.717) is 19.4 Å². The van der Waals surface area contributed by atoms with Crippen LogP contribution in [0.3, 0.4) is 0 Å². The molecule has 2 aromatic rings. The first kappa shape index (κ1) is 33.6. The van der Waals surface area contributed by atoms with Crippen molar-refractivity contribution in [3.63, 3.8) is 0 Å². The normalized spacial score (nSPS) is 15.9. The molecule has 0 radical (unpaired) electrons. The first-order valence-corrected chi connectivity index (χ1v) is 15.0. The van der Waals surface area contributed by atoms with E-state index in [1.165, 1.54) is 0 Å². The summed E-state index contributed by atoms with van der Waals surface area (Å²) in [7, 11) is 0. The average molecular weight is 594 g/mol. The molecule has 2 atom stereocenters. The summed E-state index contributed by atoms with van der Waals surface area (Å²) >= 11 is 0. The van der Waals surface area contributed by atoms with Gasteiger partial charge in [0, 0.05) is 25.1 Å². The number of fused-ring (bicyclic) bond motifs is 1. The van der Waals surface area contributed by atoms with Gasteiger partial charge < -0.3 is 25.6 Å². The Morgan fingerprint density at radius 2 is 1.79 bits per heavy atom. The summed E-state index contributed by atoms with van der Waals surface area (Å²) in [5, 5.41) is 8.81. The molecule has 3 amide bonds. The van der Waals surface area contributed by atoms with Crippen molar-refractivity contribution in [2.24, 2.45) is 11.8 Å². The van der Waals surface area contributed by atoms with Crippen LogP contribution in [0.1, 0.15) is 79.5 Å². The van der Waals surface area contributed by atoms with Gasteiger partial charge in [-0.05, 0) is 84.1 Å². The van der Waals surface area contributed by atoms with Crippen LogP contribution >= 0.6 is 0 Å². The van der Waals surface area contributed by atoms with Crippen LogP contribution < -0.4 is 20.9 Å². The number of para-hydroxylation sites is 1. The quantitative estimate of drug-likeness (QED) is 0.315. The Morgan fingerprint density at radius 3 is 2.40 bits per heavy atom. The molecule has 0 saturated carbocycles. The first-order chi connectivity index (χ1) is 20.1. The number of aromatic nitrogens is 1. The first-order valence-electron chi connectivity index (χ1n) is 15.0. The molecule has 10 nitrogen and oxygen atoms in total. The Bertz CT molecular complexity index is 1300. The standard InChI is InChI=1S/C33H47N5O5/c1-9-34-25-15-12-13-22-18-23(29(40)38(28(22)25)20-24-14-10-11-16-35-24)19-27(39)26(17-21(2)3)36-30(41)33(7,8)37-31(42)43-32(4,5)6/h10-16,21,23,26,34H,9,17-20H2,1-8H3,(H,36,41)(H,37,42)/t23?,26-/m1/s1. The number of hydrogen-bond donors (Lipinski definition) is 3. The predicted molar refractivity (Wildman–Crippen MR) is 168 cm³/mol. The summed E-state index contributed by atoms with van der Waals surface area (Å²) in [5.41, 5.74) is 1.32. The zero-order chi connectivity index (χ0) is 31.9. The molecule has 0 fully saturated rings. The van der Waals surface area contributed by atoms with E-state index in [1.54, 1.807) is 45.7 Å². The second-order valence-corrected chi connectivity index (χ2v) is 13.1.